The van der Waals surface area contributed by atoms with E-state index >= 15 is 0 Å². The zero-order valence-corrected chi connectivity index (χ0v) is 9.89. The number of fused-ring (bicyclic) bond motifs is 1. The molecule has 0 heterocycles. The molecule has 0 aliphatic heterocycles. The van der Waals surface area contributed by atoms with Crippen molar-refractivity contribution in [1.82, 2.24) is 0 Å². The van der Waals surface area contributed by atoms with Crippen molar-refractivity contribution in [3.05, 3.63) is 71.0 Å². The van der Waals surface area contributed by atoms with Crippen LogP contribution in [0.5, 0.6) is 0 Å². The number of halogens is 1. The van der Waals surface area contributed by atoms with Crippen LogP contribution in [0.3, 0.4) is 0 Å². The summed E-state index contributed by atoms with van der Waals surface area (Å²) in [5.74, 6) is -1.44. The Morgan fingerprint density at radius 2 is 1.47 bits per heavy atom. The molecular weight excluding hydrogens is 243 g/mol. The van der Waals surface area contributed by atoms with Gasteiger partial charge >= 0.3 is 0 Å². The lowest BCUT2D eigenvalue weighted by Crippen LogP contribution is -2.20. The molecule has 0 aromatic heterocycles. The SMILES string of the molecule is O=C1C(=O)c2ccccc2C=C1c1ccc(F)cc1. The molecule has 1 aliphatic carbocycles. The van der Waals surface area contributed by atoms with Crippen molar-refractivity contribution >= 4 is 23.2 Å². The Labute approximate surface area is 109 Å². The average Bonchev–Trinajstić information content (AvgIpc) is 2.44. The summed E-state index contributed by atoms with van der Waals surface area (Å²) >= 11 is 0. The summed E-state index contributed by atoms with van der Waals surface area (Å²) in [5, 5.41) is 0. The Kier molecular flexibility index (Phi) is 2.60. The van der Waals surface area contributed by atoms with E-state index in [1.54, 1.807) is 30.3 Å². The third-order valence-corrected chi connectivity index (χ3v) is 3.11. The number of benzene rings is 2. The fourth-order valence-electron chi connectivity index (χ4n) is 2.14. The van der Waals surface area contributed by atoms with Gasteiger partial charge in [-0.05, 0) is 29.3 Å². The monoisotopic (exact) mass is 252 g/mol. The van der Waals surface area contributed by atoms with Crippen LogP contribution in [0.25, 0.3) is 11.6 Å². The molecule has 2 aromatic rings. The number of Topliss-reactive ketones (excluding diaryl/α,β-unsaturated/α-hetero) is 2. The minimum atomic E-state index is -0.551. The predicted molar refractivity (Wildman–Crippen MR) is 70.1 cm³/mol. The molecule has 3 heteroatoms. The summed E-state index contributed by atoms with van der Waals surface area (Å²) < 4.78 is 12.9. The van der Waals surface area contributed by atoms with Gasteiger partial charge in [-0.1, -0.05) is 36.4 Å². The molecule has 0 fully saturated rings. The first-order valence-corrected chi connectivity index (χ1v) is 5.82. The van der Waals surface area contributed by atoms with Crippen molar-refractivity contribution in [2.45, 2.75) is 0 Å². The van der Waals surface area contributed by atoms with Gasteiger partial charge in [0, 0.05) is 11.1 Å². The van der Waals surface area contributed by atoms with Crippen molar-refractivity contribution in [1.29, 1.82) is 0 Å². The third-order valence-electron chi connectivity index (χ3n) is 3.11. The van der Waals surface area contributed by atoms with Crippen LogP contribution < -0.4 is 0 Å². The fourth-order valence-corrected chi connectivity index (χ4v) is 2.14. The summed E-state index contributed by atoms with van der Waals surface area (Å²) in [6.45, 7) is 0. The zero-order valence-electron chi connectivity index (χ0n) is 9.89. The van der Waals surface area contributed by atoms with E-state index in [1.807, 2.05) is 0 Å². The van der Waals surface area contributed by atoms with Crippen LogP contribution in [-0.4, -0.2) is 11.6 Å². The first kappa shape index (κ1) is 11.5. The maximum atomic E-state index is 12.9. The van der Waals surface area contributed by atoms with Gasteiger partial charge in [0.2, 0.25) is 11.6 Å². The van der Waals surface area contributed by atoms with Gasteiger partial charge in [0.15, 0.2) is 0 Å². The molecule has 2 aromatic carbocycles. The number of ketones is 2. The normalized spacial score (nSPS) is 14.1. The lowest BCUT2D eigenvalue weighted by molar-refractivity contribution is -0.110. The topological polar surface area (TPSA) is 34.1 Å². The van der Waals surface area contributed by atoms with E-state index in [0.29, 0.717) is 22.3 Å². The number of allylic oxidation sites excluding steroid dienone is 1. The number of hydrogen-bond donors (Lipinski definition) is 0. The summed E-state index contributed by atoms with van der Waals surface area (Å²) in [5.41, 5.74) is 1.99. The lowest BCUT2D eigenvalue weighted by Gasteiger charge is -2.14. The highest BCUT2D eigenvalue weighted by Gasteiger charge is 2.27. The van der Waals surface area contributed by atoms with Gasteiger partial charge in [-0.2, -0.15) is 0 Å². The molecule has 0 spiro atoms. The third kappa shape index (κ3) is 1.89. The van der Waals surface area contributed by atoms with E-state index in [9.17, 15) is 14.0 Å². The molecular formula is C16H9FO2. The molecule has 0 saturated carbocycles. The number of hydrogen-bond acceptors (Lipinski definition) is 2. The minimum absolute atomic E-state index is 0.309. The Balaban J connectivity index is 2.17. The van der Waals surface area contributed by atoms with Gasteiger partial charge < -0.3 is 0 Å². The Morgan fingerprint density at radius 1 is 0.789 bits per heavy atom. The van der Waals surface area contributed by atoms with E-state index in [0.717, 1.165) is 0 Å². The molecule has 1 aliphatic rings. The second-order valence-corrected chi connectivity index (χ2v) is 4.31. The average molecular weight is 252 g/mol. The molecule has 0 amide bonds. The Bertz CT molecular complexity index is 712. The first-order chi connectivity index (χ1) is 9.16. The van der Waals surface area contributed by atoms with Crippen molar-refractivity contribution in [3.63, 3.8) is 0 Å². The van der Waals surface area contributed by atoms with E-state index < -0.39 is 11.6 Å². The Morgan fingerprint density at radius 3 is 2.21 bits per heavy atom. The molecule has 0 unspecified atom stereocenters. The van der Waals surface area contributed by atoms with Crippen LogP contribution >= 0.6 is 0 Å². The van der Waals surface area contributed by atoms with Gasteiger partial charge in [0.1, 0.15) is 5.82 Å². The fraction of sp³-hybridized carbons (Fsp3) is 0. The van der Waals surface area contributed by atoms with E-state index in [2.05, 4.69) is 0 Å². The van der Waals surface area contributed by atoms with Crippen LogP contribution in [0, 0.1) is 5.82 Å². The molecule has 3 rings (SSSR count). The quantitative estimate of drug-likeness (QED) is 0.731. The highest BCUT2D eigenvalue weighted by molar-refractivity contribution is 6.61. The lowest BCUT2D eigenvalue weighted by atomic mass is 9.87. The molecule has 0 saturated heterocycles. The highest BCUT2D eigenvalue weighted by atomic mass is 19.1. The summed E-state index contributed by atoms with van der Waals surface area (Å²) in [7, 11) is 0. The number of carbonyl (C=O) groups is 2. The first-order valence-electron chi connectivity index (χ1n) is 5.82. The molecule has 0 radical (unpaired) electrons. The minimum Gasteiger partial charge on any atom is -0.285 e. The van der Waals surface area contributed by atoms with E-state index in [-0.39, 0.29) is 5.82 Å². The standard InChI is InChI=1S/C16H9FO2/c17-12-7-5-10(6-8-12)14-9-11-3-1-2-4-13(11)15(18)16(14)19/h1-9H. The molecule has 2 nitrogen and oxygen atoms in total. The van der Waals surface area contributed by atoms with Gasteiger partial charge in [-0.3, -0.25) is 9.59 Å². The van der Waals surface area contributed by atoms with E-state index in [1.165, 1.54) is 24.3 Å². The predicted octanol–water partition coefficient (Wildman–Crippen LogP) is 3.13. The van der Waals surface area contributed by atoms with Crippen LogP contribution in [-0.2, 0) is 4.79 Å². The molecule has 92 valence electrons. The number of rotatable bonds is 1. The number of carbonyl (C=O) groups excluding carboxylic acids is 2. The van der Waals surface area contributed by atoms with Crippen molar-refractivity contribution in [2.75, 3.05) is 0 Å². The Hall–Kier alpha value is -2.55. The summed E-state index contributed by atoms with van der Waals surface area (Å²) in [6.07, 6.45) is 1.67. The van der Waals surface area contributed by atoms with Gasteiger partial charge in [0.05, 0.1) is 0 Å². The van der Waals surface area contributed by atoms with Crippen molar-refractivity contribution in [3.8, 4) is 0 Å². The van der Waals surface area contributed by atoms with Crippen LogP contribution in [0.4, 0.5) is 4.39 Å². The van der Waals surface area contributed by atoms with Crippen molar-refractivity contribution < 1.29 is 14.0 Å². The van der Waals surface area contributed by atoms with Gasteiger partial charge in [-0.25, -0.2) is 4.39 Å². The molecule has 19 heavy (non-hydrogen) atoms. The maximum absolute atomic E-state index is 12.9. The van der Waals surface area contributed by atoms with Crippen molar-refractivity contribution in [2.24, 2.45) is 0 Å². The second kappa shape index (κ2) is 4.28. The largest absolute Gasteiger partial charge is 0.285 e. The maximum Gasteiger partial charge on any atom is 0.234 e. The van der Waals surface area contributed by atoms with Crippen LogP contribution in [0.15, 0.2) is 48.5 Å². The zero-order chi connectivity index (χ0) is 13.4. The smallest absolute Gasteiger partial charge is 0.234 e. The van der Waals surface area contributed by atoms with Crippen LogP contribution in [0.2, 0.25) is 0 Å². The molecule has 0 N–H and O–H groups in total. The summed E-state index contributed by atoms with van der Waals surface area (Å²) in [6, 6.07) is 12.5. The highest BCUT2D eigenvalue weighted by Crippen LogP contribution is 2.27. The molecule has 0 bridgehead atoms. The second-order valence-electron chi connectivity index (χ2n) is 4.31. The van der Waals surface area contributed by atoms with Gasteiger partial charge in [0.25, 0.3) is 0 Å². The van der Waals surface area contributed by atoms with E-state index in [4.69, 9.17) is 0 Å². The van der Waals surface area contributed by atoms with Crippen LogP contribution in [0.1, 0.15) is 21.5 Å². The summed E-state index contributed by atoms with van der Waals surface area (Å²) in [4.78, 5) is 24.1. The van der Waals surface area contributed by atoms with Gasteiger partial charge in [-0.15, -0.1) is 0 Å². The molecule has 0 atom stereocenters.